The van der Waals surface area contributed by atoms with E-state index in [9.17, 15) is 14.7 Å². The van der Waals surface area contributed by atoms with E-state index in [1.807, 2.05) is 36.4 Å². The maximum atomic E-state index is 11.5. The molecule has 0 amide bonds. The molecular formula is C21H19N3O3. The molecule has 6 nitrogen and oxygen atoms in total. The number of rotatable bonds is 4. The first-order valence-corrected chi connectivity index (χ1v) is 8.46. The van der Waals surface area contributed by atoms with Gasteiger partial charge < -0.3 is 5.11 Å². The summed E-state index contributed by atoms with van der Waals surface area (Å²) in [5, 5.41) is 14.8. The second kappa shape index (κ2) is 7.37. The summed E-state index contributed by atoms with van der Waals surface area (Å²) in [7, 11) is 0. The lowest BCUT2D eigenvalue weighted by atomic mass is 10.0. The van der Waals surface area contributed by atoms with Gasteiger partial charge in [0.2, 0.25) is 0 Å². The van der Waals surface area contributed by atoms with E-state index >= 15 is 0 Å². The molecule has 0 aliphatic rings. The Bertz CT molecular complexity index is 1090. The van der Waals surface area contributed by atoms with Crippen LogP contribution in [-0.4, -0.2) is 32.5 Å². The van der Waals surface area contributed by atoms with Crippen molar-refractivity contribution in [2.24, 2.45) is 4.99 Å². The first kappa shape index (κ1) is 18.3. The standard InChI is InChI=1S/C21H19N3O3/c1-4-18(21(26)27)22-14(3)24-19-8-6-5-7-17(19)20(23-24)16-11-9-15(10-12-16)13(2)25/h4-12H,1-3H3,(H,26,27)/b18-4-,22-14?. The van der Waals surface area contributed by atoms with Gasteiger partial charge in [-0.2, -0.15) is 5.10 Å². The lowest BCUT2D eigenvalue weighted by Crippen LogP contribution is -2.11. The molecule has 2 aromatic carbocycles. The highest BCUT2D eigenvalue weighted by Gasteiger charge is 2.15. The number of aromatic nitrogens is 2. The van der Waals surface area contributed by atoms with Crippen molar-refractivity contribution in [3.05, 3.63) is 65.9 Å². The highest BCUT2D eigenvalue weighted by Crippen LogP contribution is 2.28. The molecule has 1 heterocycles. The van der Waals surface area contributed by atoms with Gasteiger partial charge in [0.05, 0.1) is 5.52 Å². The molecule has 0 bridgehead atoms. The predicted octanol–water partition coefficient (Wildman–Crippen LogP) is 4.16. The van der Waals surface area contributed by atoms with Crippen LogP contribution in [0.15, 0.2) is 65.3 Å². The summed E-state index contributed by atoms with van der Waals surface area (Å²) in [5.74, 6) is -0.630. The molecule has 0 saturated carbocycles. The maximum absolute atomic E-state index is 11.5. The number of nitrogens with zero attached hydrogens (tertiary/aromatic N) is 3. The van der Waals surface area contributed by atoms with Crippen LogP contribution in [0, 0.1) is 0 Å². The average molecular weight is 361 g/mol. The number of hydrogen-bond donors (Lipinski definition) is 1. The molecule has 0 atom stereocenters. The predicted molar refractivity (Wildman–Crippen MR) is 105 cm³/mol. The van der Waals surface area contributed by atoms with Crippen LogP contribution in [0.4, 0.5) is 0 Å². The summed E-state index contributed by atoms with van der Waals surface area (Å²) in [5.41, 5.74) is 3.03. The van der Waals surface area contributed by atoms with E-state index in [4.69, 9.17) is 0 Å². The molecule has 0 unspecified atom stereocenters. The molecule has 0 fully saturated rings. The number of hydrogen-bond acceptors (Lipinski definition) is 4. The van der Waals surface area contributed by atoms with Crippen LogP contribution in [0.3, 0.4) is 0 Å². The highest BCUT2D eigenvalue weighted by atomic mass is 16.4. The van der Waals surface area contributed by atoms with Crippen molar-refractivity contribution >= 4 is 28.5 Å². The SMILES string of the molecule is C/C=C(\N=C(C)n1nc(-c2ccc(C(C)=O)cc2)c2ccccc21)C(=O)O. The van der Waals surface area contributed by atoms with Gasteiger partial charge in [-0.3, -0.25) is 4.79 Å². The van der Waals surface area contributed by atoms with Gasteiger partial charge in [0.1, 0.15) is 17.2 Å². The van der Waals surface area contributed by atoms with Crippen molar-refractivity contribution in [2.75, 3.05) is 0 Å². The largest absolute Gasteiger partial charge is 0.477 e. The number of Topliss-reactive ketones (excluding diaryl/α,β-unsaturated/α-hetero) is 1. The summed E-state index contributed by atoms with van der Waals surface area (Å²) < 4.78 is 1.63. The molecule has 27 heavy (non-hydrogen) atoms. The van der Waals surface area contributed by atoms with Crippen molar-refractivity contribution in [2.45, 2.75) is 20.8 Å². The number of carboxylic acid groups (broad SMARTS) is 1. The number of aliphatic imine (C=N–C) groups is 1. The van der Waals surface area contributed by atoms with E-state index in [0.717, 1.165) is 22.2 Å². The maximum Gasteiger partial charge on any atom is 0.354 e. The Hall–Kier alpha value is -3.54. The van der Waals surface area contributed by atoms with Gasteiger partial charge in [0, 0.05) is 16.5 Å². The summed E-state index contributed by atoms with van der Waals surface area (Å²) in [4.78, 5) is 26.9. The summed E-state index contributed by atoms with van der Waals surface area (Å²) >= 11 is 0. The minimum absolute atomic E-state index is 0.00691. The van der Waals surface area contributed by atoms with Gasteiger partial charge >= 0.3 is 5.97 Å². The Kier molecular flexibility index (Phi) is 4.98. The zero-order chi connectivity index (χ0) is 19.6. The van der Waals surface area contributed by atoms with Crippen LogP contribution in [0.25, 0.3) is 22.2 Å². The number of benzene rings is 2. The lowest BCUT2D eigenvalue weighted by Gasteiger charge is -2.03. The zero-order valence-electron chi connectivity index (χ0n) is 15.3. The fourth-order valence-electron chi connectivity index (χ4n) is 2.85. The second-order valence-electron chi connectivity index (χ2n) is 6.05. The van der Waals surface area contributed by atoms with Crippen molar-refractivity contribution in [1.29, 1.82) is 0 Å². The fourth-order valence-corrected chi connectivity index (χ4v) is 2.85. The average Bonchev–Trinajstić information content (AvgIpc) is 3.05. The zero-order valence-corrected chi connectivity index (χ0v) is 15.3. The third-order valence-corrected chi connectivity index (χ3v) is 4.23. The number of allylic oxidation sites excluding steroid dienone is 1. The number of para-hydroxylation sites is 1. The normalized spacial score (nSPS) is 12.4. The third kappa shape index (κ3) is 3.55. The van der Waals surface area contributed by atoms with Crippen LogP contribution in [0.2, 0.25) is 0 Å². The minimum atomic E-state index is -1.09. The molecule has 3 aromatic rings. The smallest absolute Gasteiger partial charge is 0.354 e. The Labute approximate surface area is 156 Å². The summed E-state index contributed by atoms with van der Waals surface area (Å²) in [6, 6.07) is 14.9. The van der Waals surface area contributed by atoms with Gasteiger partial charge in [-0.05, 0) is 26.8 Å². The molecule has 136 valence electrons. The Morgan fingerprint density at radius 3 is 2.33 bits per heavy atom. The molecule has 0 aliphatic heterocycles. The molecule has 3 rings (SSSR count). The number of aliphatic carboxylic acids is 1. The number of carbonyl (C=O) groups is 2. The Balaban J connectivity index is 2.16. The quantitative estimate of drug-likeness (QED) is 0.327. The minimum Gasteiger partial charge on any atom is -0.477 e. The topological polar surface area (TPSA) is 84.5 Å². The third-order valence-electron chi connectivity index (χ3n) is 4.23. The van der Waals surface area contributed by atoms with Gasteiger partial charge in [-0.15, -0.1) is 0 Å². The van der Waals surface area contributed by atoms with Crippen LogP contribution in [0.1, 0.15) is 31.1 Å². The van der Waals surface area contributed by atoms with E-state index < -0.39 is 5.97 Å². The first-order valence-electron chi connectivity index (χ1n) is 8.46. The number of carbonyl (C=O) groups excluding carboxylic acids is 1. The highest BCUT2D eigenvalue weighted by molar-refractivity contribution is 6.01. The van der Waals surface area contributed by atoms with Crippen molar-refractivity contribution in [3.8, 4) is 11.3 Å². The van der Waals surface area contributed by atoms with Gasteiger partial charge in [0.15, 0.2) is 5.78 Å². The number of fused-ring (bicyclic) bond motifs is 1. The molecule has 0 aliphatic carbocycles. The van der Waals surface area contributed by atoms with Crippen LogP contribution in [0.5, 0.6) is 0 Å². The molecular weight excluding hydrogens is 342 g/mol. The summed E-state index contributed by atoms with van der Waals surface area (Å²) in [6.45, 7) is 4.87. The Morgan fingerprint density at radius 2 is 1.74 bits per heavy atom. The molecule has 1 N–H and O–H groups in total. The molecule has 0 saturated heterocycles. The lowest BCUT2D eigenvalue weighted by molar-refractivity contribution is -0.132. The first-order chi connectivity index (χ1) is 12.9. The fraction of sp³-hybridized carbons (Fsp3) is 0.143. The van der Waals surface area contributed by atoms with Crippen molar-refractivity contribution < 1.29 is 14.7 Å². The van der Waals surface area contributed by atoms with E-state index in [1.165, 1.54) is 13.0 Å². The Morgan fingerprint density at radius 1 is 1.07 bits per heavy atom. The molecule has 1 aromatic heterocycles. The molecule has 0 radical (unpaired) electrons. The summed E-state index contributed by atoms with van der Waals surface area (Å²) in [6.07, 6.45) is 1.44. The van der Waals surface area contributed by atoms with Gasteiger partial charge in [-0.1, -0.05) is 48.5 Å². The number of carboxylic acids is 1. The van der Waals surface area contributed by atoms with E-state index in [-0.39, 0.29) is 11.5 Å². The molecule has 6 heteroatoms. The van der Waals surface area contributed by atoms with E-state index in [2.05, 4.69) is 10.1 Å². The monoisotopic (exact) mass is 361 g/mol. The van der Waals surface area contributed by atoms with Crippen LogP contribution >= 0.6 is 0 Å². The van der Waals surface area contributed by atoms with Crippen LogP contribution < -0.4 is 0 Å². The van der Waals surface area contributed by atoms with E-state index in [0.29, 0.717) is 11.4 Å². The number of ketones is 1. The van der Waals surface area contributed by atoms with Gasteiger partial charge in [-0.25, -0.2) is 14.5 Å². The second-order valence-corrected chi connectivity index (χ2v) is 6.05. The van der Waals surface area contributed by atoms with Gasteiger partial charge in [0.25, 0.3) is 0 Å². The van der Waals surface area contributed by atoms with Crippen LogP contribution in [-0.2, 0) is 4.79 Å². The van der Waals surface area contributed by atoms with Crippen molar-refractivity contribution in [3.63, 3.8) is 0 Å². The molecule has 0 spiro atoms. The van der Waals surface area contributed by atoms with E-state index in [1.54, 1.807) is 30.7 Å². The van der Waals surface area contributed by atoms with Crippen molar-refractivity contribution in [1.82, 2.24) is 9.78 Å².